The maximum absolute atomic E-state index is 6.00. The highest BCUT2D eigenvalue weighted by Gasteiger charge is 2.18. The normalized spacial score (nSPS) is 17.6. The number of anilines is 1. The molecule has 0 spiro atoms. The van der Waals surface area contributed by atoms with Gasteiger partial charge in [0.2, 0.25) is 0 Å². The SMILES string of the molecule is CN(Cc1cc(N)cc(Cl)c1)C1CCOCC1. The highest BCUT2D eigenvalue weighted by Crippen LogP contribution is 2.20. The molecule has 0 unspecified atom stereocenters. The summed E-state index contributed by atoms with van der Waals surface area (Å²) in [5.41, 5.74) is 7.69. The number of halogens is 1. The third-order valence-corrected chi connectivity index (χ3v) is 3.44. The Bertz CT molecular complexity index is 357. The molecule has 1 aromatic carbocycles. The standard InChI is InChI=1S/C13H19ClN2O/c1-16(13-2-4-17-5-3-13)9-10-6-11(14)8-12(15)7-10/h6-8,13H,2-5,9,15H2,1H3. The largest absolute Gasteiger partial charge is 0.399 e. The topological polar surface area (TPSA) is 38.5 Å². The molecule has 17 heavy (non-hydrogen) atoms. The molecular weight excluding hydrogens is 236 g/mol. The summed E-state index contributed by atoms with van der Waals surface area (Å²) in [6, 6.07) is 6.35. The summed E-state index contributed by atoms with van der Waals surface area (Å²) in [5.74, 6) is 0. The van der Waals surface area contributed by atoms with Gasteiger partial charge >= 0.3 is 0 Å². The zero-order chi connectivity index (χ0) is 12.3. The van der Waals surface area contributed by atoms with Crippen LogP contribution in [0.15, 0.2) is 18.2 Å². The van der Waals surface area contributed by atoms with Crippen molar-refractivity contribution in [2.24, 2.45) is 0 Å². The molecule has 4 heteroatoms. The molecule has 3 nitrogen and oxygen atoms in total. The molecule has 1 aromatic rings. The Labute approximate surface area is 107 Å². The van der Waals surface area contributed by atoms with E-state index in [1.54, 1.807) is 6.07 Å². The van der Waals surface area contributed by atoms with Crippen LogP contribution in [-0.4, -0.2) is 31.2 Å². The third kappa shape index (κ3) is 3.60. The van der Waals surface area contributed by atoms with Gasteiger partial charge in [-0.3, -0.25) is 4.90 Å². The van der Waals surface area contributed by atoms with Crippen molar-refractivity contribution in [3.8, 4) is 0 Å². The molecule has 0 amide bonds. The van der Waals surface area contributed by atoms with E-state index in [1.165, 1.54) is 5.56 Å². The lowest BCUT2D eigenvalue weighted by atomic mass is 10.1. The van der Waals surface area contributed by atoms with Crippen molar-refractivity contribution in [3.63, 3.8) is 0 Å². The molecule has 0 atom stereocenters. The average molecular weight is 255 g/mol. The van der Waals surface area contributed by atoms with Crippen LogP contribution < -0.4 is 5.73 Å². The Morgan fingerprint density at radius 3 is 2.71 bits per heavy atom. The van der Waals surface area contributed by atoms with E-state index in [-0.39, 0.29) is 0 Å². The Kier molecular flexibility index (Phi) is 4.26. The second-order valence-electron chi connectivity index (χ2n) is 4.65. The molecule has 1 saturated heterocycles. The first kappa shape index (κ1) is 12.7. The monoisotopic (exact) mass is 254 g/mol. The predicted octanol–water partition coefficient (Wildman–Crippen LogP) is 2.53. The number of nitrogens with zero attached hydrogens (tertiary/aromatic N) is 1. The van der Waals surface area contributed by atoms with Crippen LogP contribution in [0.1, 0.15) is 18.4 Å². The Balaban J connectivity index is 1.99. The molecule has 0 radical (unpaired) electrons. The minimum Gasteiger partial charge on any atom is -0.399 e. The van der Waals surface area contributed by atoms with Crippen molar-refractivity contribution < 1.29 is 4.74 Å². The van der Waals surface area contributed by atoms with Crippen LogP contribution in [0.4, 0.5) is 5.69 Å². The Morgan fingerprint density at radius 2 is 2.06 bits per heavy atom. The molecule has 2 rings (SSSR count). The molecule has 0 aromatic heterocycles. The maximum Gasteiger partial charge on any atom is 0.0480 e. The maximum atomic E-state index is 6.00. The van der Waals surface area contributed by atoms with Gasteiger partial charge in [-0.25, -0.2) is 0 Å². The first-order valence-electron chi connectivity index (χ1n) is 5.98. The van der Waals surface area contributed by atoms with Crippen LogP contribution in [0.2, 0.25) is 5.02 Å². The van der Waals surface area contributed by atoms with Gasteiger partial charge in [0.15, 0.2) is 0 Å². The predicted molar refractivity (Wildman–Crippen MR) is 71.2 cm³/mol. The number of rotatable bonds is 3. The number of nitrogens with two attached hydrogens (primary N) is 1. The van der Waals surface area contributed by atoms with Gasteiger partial charge in [-0.15, -0.1) is 0 Å². The molecule has 1 heterocycles. The van der Waals surface area contributed by atoms with Crippen molar-refractivity contribution in [1.29, 1.82) is 0 Å². The van der Waals surface area contributed by atoms with Gasteiger partial charge in [-0.05, 0) is 43.7 Å². The molecule has 2 N–H and O–H groups in total. The highest BCUT2D eigenvalue weighted by atomic mass is 35.5. The highest BCUT2D eigenvalue weighted by molar-refractivity contribution is 6.30. The Hall–Kier alpha value is -0.770. The van der Waals surface area contributed by atoms with Crippen LogP contribution in [-0.2, 0) is 11.3 Å². The summed E-state index contributed by atoms with van der Waals surface area (Å²) < 4.78 is 5.37. The lowest BCUT2D eigenvalue weighted by molar-refractivity contribution is 0.0407. The first-order chi connectivity index (χ1) is 8.15. The number of hydrogen-bond acceptors (Lipinski definition) is 3. The summed E-state index contributed by atoms with van der Waals surface area (Å²) in [5, 5.41) is 0.709. The van der Waals surface area contributed by atoms with Crippen molar-refractivity contribution in [1.82, 2.24) is 4.90 Å². The van der Waals surface area contributed by atoms with E-state index in [2.05, 4.69) is 11.9 Å². The van der Waals surface area contributed by atoms with E-state index < -0.39 is 0 Å². The van der Waals surface area contributed by atoms with Crippen molar-refractivity contribution in [2.75, 3.05) is 26.0 Å². The fourth-order valence-corrected chi connectivity index (χ4v) is 2.58. The number of nitrogen functional groups attached to an aromatic ring is 1. The summed E-state index contributed by atoms with van der Waals surface area (Å²) in [6.45, 7) is 2.62. The van der Waals surface area contributed by atoms with Gasteiger partial charge in [0.25, 0.3) is 0 Å². The average Bonchev–Trinajstić information content (AvgIpc) is 2.28. The van der Waals surface area contributed by atoms with E-state index in [9.17, 15) is 0 Å². The van der Waals surface area contributed by atoms with Crippen LogP contribution in [0.5, 0.6) is 0 Å². The van der Waals surface area contributed by atoms with E-state index in [1.807, 2.05) is 12.1 Å². The zero-order valence-corrected chi connectivity index (χ0v) is 10.9. The van der Waals surface area contributed by atoms with Gasteiger partial charge in [0.1, 0.15) is 0 Å². The van der Waals surface area contributed by atoms with Gasteiger partial charge in [-0.2, -0.15) is 0 Å². The van der Waals surface area contributed by atoms with Crippen LogP contribution in [0.25, 0.3) is 0 Å². The van der Waals surface area contributed by atoms with Crippen LogP contribution >= 0.6 is 11.6 Å². The fourth-order valence-electron chi connectivity index (χ4n) is 2.31. The Morgan fingerprint density at radius 1 is 1.35 bits per heavy atom. The summed E-state index contributed by atoms with van der Waals surface area (Å²) in [6.07, 6.45) is 2.21. The zero-order valence-electron chi connectivity index (χ0n) is 10.2. The van der Waals surface area contributed by atoms with E-state index >= 15 is 0 Å². The van der Waals surface area contributed by atoms with Crippen LogP contribution in [0, 0.1) is 0 Å². The minimum atomic E-state index is 0.601. The lowest BCUT2D eigenvalue weighted by Gasteiger charge is -2.31. The second-order valence-corrected chi connectivity index (χ2v) is 5.09. The summed E-state index contributed by atoms with van der Waals surface area (Å²) in [4.78, 5) is 2.35. The van der Waals surface area contributed by atoms with E-state index in [0.29, 0.717) is 11.1 Å². The lowest BCUT2D eigenvalue weighted by Crippen LogP contribution is -2.36. The molecule has 0 aliphatic carbocycles. The van der Waals surface area contributed by atoms with Crippen LogP contribution in [0.3, 0.4) is 0 Å². The van der Waals surface area contributed by atoms with Crippen molar-refractivity contribution >= 4 is 17.3 Å². The minimum absolute atomic E-state index is 0.601. The first-order valence-corrected chi connectivity index (χ1v) is 6.36. The molecule has 94 valence electrons. The van der Waals surface area contributed by atoms with Gasteiger partial charge < -0.3 is 10.5 Å². The van der Waals surface area contributed by atoms with Crippen molar-refractivity contribution in [2.45, 2.75) is 25.4 Å². The number of benzene rings is 1. The summed E-state index contributed by atoms with van der Waals surface area (Å²) >= 11 is 6.00. The van der Waals surface area contributed by atoms with Gasteiger partial charge in [0, 0.05) is 36.5 Å². The second kappa shape index (κ2) is 5.71. The smallest absolute Gasteiger partial charge is 0.0480 e. The van der Waals surface area contributed by atoms with Crippen molar-refractivity contribution in [3.05, 3.63) is 28.8 Å². The van der Waals surface area contributed by atoms with E-state index in [0.717, 1.165) is 38.3 Å². The molecular formula is C13H19ClN2O. The molecule has 1 aliphatic heterocycles. The fraction of sp³-hybridized carbons (Fsp3) is 0.538. The third-order valence-electron chi connectivity index (χ3n) is 3.23. The van der Waals surface area contributed by atoms with E-state index in [4.69, 9.17) is 22.1 Å². The molecule has 0 saturated carbocycles. The van der Waals surface area contributed by atoms with Gasteiger partial charge in [-0.1, -0.05) is 11.6 Å². The molecule has 0 bridgehead atoms. The molecule has 1 aliphatic rings. The number of ether oxygens (including phenoxy) is 1. The summed E-state index contributed by atoms with van der Waals surface area (Å²) in [7, 11) is 2.15. The quantitative estimate of drug-likeness (QED) is 0.843. The molecule has 1 fully saturated rings. The number of hydrogen-bond donors (Lipinski definition) is 1. The van der Waals surface area contributed by atoms with Gasteiger partial charge in [0.05, 0.1) is 0 Å².